The average molecular weight is 246 g/mol. The van der Waals surface area contributed by atoms with Gasteiger partial charge < -0.3 is 10.2 Å². The van der Waals surface area contributed by atoms with Crippen molar-refractivity contribution in [3.05, 3.63) is 29.8 Å². The number of anilines is 1. The molecule has 0 aliphatic carbocycles. The zero-order chi connectivity index (χ0) is 13.0. The fourth-order valence-corrected chi connectivity index (χ4v) is 2.76. The lowest BCUT2D eigenvalue weighted by molar-refractivity contribution is 0.371. The molecule has 0 fully saturated rings. The van der Waals surface area contributed by atoms with E-state index in [-0.39, 0.29) is 0 Å². The molecule has 1 aromatic rings. The van der Waals surface area contributed by atoms with Crippen molar-refractivity contribution in [2.45, 2.75) is 46.2 Å². The predicted molar refractivity (Wildman–Crippen MR) is 79.0 cm³/mol. The second-order valence-electron chi connectivity index (χ2n) is 5.45. The smallest absolute Gasteiger partial charge is 0.0412 e. The average Bonchev–Trinajstić information content (AvgIpc) is 2.59. The van der Waals surface area contributed by atoms with Gasteiger partial charge in [0.05, 0.1) is 0 Å². The van der Waals surface area contributed by atoms with Gasteiger partial charge in [0.1, 0.15) is 0 Å². The Morgan fingerprint density at radius 3 is 2.83 bits per heavy atom. The Hall–Kier alpha value is -1.02. The van der Waals surface area contributed by atoms with E-state index in [1.807, 2.05) is 0 Å². The van der Waals surface area contributed by atoms with E-state index in [1.165, 1.54) is 24.1 Å². The van der Waals surface area contributed by atoms with Crippen LogP contribution in [-0.2, 0) is 6.54 Å². The molecule has 2 heteroatoms. The molecule has 0 spiro atoms. The van der Waals surface area contributed by atoms with Crippen LogP contribution in [0, 0.1) is 5.92 Å². The Labute approximate surface area is 111 Å². The van der Waals surface area contributed by atoms with Gasteiger partial charge in [0.25, 0.3) is 0 Å². The molecule has 2 unspecified atom stereocenters. The van der Waals surface area contributed by atoms with Gasteiger partial charge in [-0.25, -0.2) is 0 Å². The topological polar surface area (TPSA) is 15.3 Å². The van der Waals surface area contributed by atoms with E-state index in [9.17, 15) is 0 Å². The van der Waals surface area contributed by atoms with Crippen LogP contribution in [0.3, 0.4) is 0 Å². The molecular weight excluding hydrogens is 220 g/mol. The van der Waals surface area contributed by atoms with Crippen LogP contribution >= 0.6 is 0 Å². The highest BCUT2D eigenvalue weighted by Crippen LogP contribution is 2.25. The van der Waals surface area contributed by atoms with Gasteiger partial charge >= 0.3 is 0 Å². The van der Waals surface area contributed by atoms with Gasteiger partial charge in [0.2, 0.25) is 0 Å². The number of fused-ring (bicyclic) bond motifs is 1. The van der Waals surface area contributed by atoms with Crippen LogP contribution in [0.2, 0.25) is 0 Å². The molecule has 1 aliphatic heterocycles. The maximum absolute atomic E-state index is 3.74. The monoisotopic (exact) mass is 246 g/mol. The minimum absolute atomic E-state index is 0.606. The lowest BCUT2D eigenvalue weighted by Gasteiger charge is -2.30. The third-order valence-electron chi connectivity index (χ3n) is 4.13. The first-order valence-corrected chi connectivity index (χ1v) is 7.32. The number of benzene rings is 1. The SMILES string of the molecule is CCCN1CC(C(C)CC)NCc2ccccc21. The van der Waals surface area contributed by atoms with Crippen LogP contribution in [0.25, 0.3) is 0 Å². The van der Waals surface area contributed by atoms with Crippen molar-refractivity contribution in [1.82, 2.24) is 5.32 Å². The van der Waals surface area contributed by atoms with Crippen LogP contribution in [0.5, 0.6) is 0 Å². The minimum atomic E-state index is 0.606. The molecule has 0 bridgehead atoms. The van der Waals surface area contributed by atoms with E-state index in [0.29, 0.717) is 6.04 Å². The maximum Gasteiger partial charge on any atom is 0.0412 e. The van der Waals surface area contributed by atoms with E-state index in [1.54, 1.807) is 0 Å². The molecule has 1 N–H and O–H groups in total. The molecule has 18 heavy (non-hydrogen) atoms. The van der Waals surface area contributed by atoms with Gasteiger partial charge in [-0.3, -0.25) is 0 Å². The standard InChI is InChI=1S/C16H26N2/c1-4-10-18-12-15(13(3)5-2)17-11-14-8-6-7-9-16(14)18/h6-9,13,15,17H,4-5,10-12H2,1-3H3. The number of nitrogens with zero attached hydrogens (tertiary/aromatic N) is 1. The maximum atomic E-state index is 3.74. The van der Waals surface area contributed by atoms with Crippen molar-refractivity contribution >= 4 is 5.69 Å². The molecule has 1 aromatic carbocycles. The lowest BCUT2D eigenvalue weighted by atomic mass is 9.99. The molecule has 0 aromatic heterocycles. The summed E-state index contributed by atoms with van der Waals surface area (Å²) < 4.78 is 0. The van der Waals surface area contributed by atoms with Crippen LogP contribution in [0.15, 0.2) is 24.3 Å². The van der Waals surface area contributed by atoms with E-state index in [4.69, 9.17) is 0 Å². The Morgan fingerprint density at radius 1 is 1.33 bits per heavy atom. The first kappa shape index (κ1) is 13.4. The second kappa shape index (κ2) is 6.24. The first-order valence-electron chi connectivity index (χ1n) is 7.32. The van der Waals surface area contributed by atoms with Crippen LogP contribution in [0.1, 0.15) is 39.2 Å². The van der Waals surface area contributed by atoms with Crippen LogP contribution in [-0.4, -0.2) is 19.1 Å². The zero-order valence-corrected chi connectivity index (χ0v) is 11.9. The summed E-state index contributed by atoms with van der Waals surface area (Å²) in [7, 11) is 0. The molecule has 0 saturated carbocycles. The molecule has 1 aliphatic rings. The van der Waals surface area contributed by atoms with Crippen molar-refractivity contribution in [1.29, 1.82) is 0 Å². The fourth-order valence-electron chi connectivity index (χ4n) is 2.76. The zero-order valence-electron chi connectivity index (χ0n) is 11.9. The summed E-state index contributed by atoms with van der Waals surface area (Å²) in [5.41, 5.74) is 2.87. The molecule has 100 valence electrons. The van der Waals surface area contributed by atoms with E-state index in [2.05, 4.69) is 55.3 Å². The van der Waals surface area contributed by atoms with Gasteiger partial charge in [-0.2, -0.15) is 0 Å². The normalized spacial score (nSPS) is 21.3. The van der Waals surface area contributed by atoms with Crippen LogP contribution < -0.4 is 10.2 Å². The van der Waals surface area contributed by atoms with Gasteiger partial charge in [-0.05, 0) is 24.0 Å². The molecule has 2 atom stereocenters. The highest BCUT2D eigenvalue weighted by molar-refractivity contribution is 5.54. The minimum Gasteiger partial charge on any atom is -0.370 e. The van der Waals surface area contributed by atoms with Crippen molar-refractivity contribution < 1.29 is 0 Å². The molecular formula is C16H26N2. The summed E-state index contributed by atoms with van der Waals surface area (Å²) >= 11 is 0. The van der Waals surface area contributed by atoms with Crippen molar-refractivity contribution in [3.63, 3.8) is 0 Å². The lowest BCUT2D eigenvalue weighted by Crippen LogP contribution is -2.42. The number of hydrogen-bond acceptors (Lipinski definition) is 2. The summed E-state index contributed by atoms with van der Waals surface area (Å²) in [5.74, 6) is 0.735. The third kappa shape index (κ3) is 2.86. The Kier molecular flexibility index (Phi) is 4.65. The quantitative estimate of drug-likeness (QED) is 0.875. The molecule has 0 saturated heterocycles. The number of rotatable bonds is 4. The fraction of sp³-hybridized carbons (Fsp3) is 0.625. The summed E-state index contributed by atoms with van der Waals surface area (Å²) in [6.07, 6.45) is 2.45. The van der Waals surface area contributed by atoms with Gasteiger partial charge in [-0.1, -0.05) is 45.4 Å². The van der Waals surface area contributed by atoms with E-state index >= 15 is 0 Å². The largest absolute Gasteiger partial charge is 0.370 e. The number of para-hydroxylation sites is 1. The Bertz CT molecular complexity index is 375. The highest BCUT2D eigenvalue weighted by Gasteiger charge is 2.23. The first-order chi connectivity index (χ1) is 8.76. The Balaban J connectivity index is 2.22. The number of hydrogen-bond donors (Lipinski definition) is 1. The predicted octanol–water partition coefficient (Wildman–Crippen LogP) is 3.42. The molecule has 2 rings (SSSR count). The summed E-state index contributed by atoms with van der Waals surface area (Å²) in [6, 6.07) is 9.43. The van der Waals surface area contributed by atoms with Gasteiger partial charge in [0, 0.05) is 31.4 Å². The molecule has 1 heterocycles. The van der Waals surface area contributed by atoms with Gasteiger partial charge in [-0.15, -0.1) is 0 Å². The van der Waals surface area contributed by atoms with Gasteiger partial charge in [0.15, 0.2) is 0 Å². The van der Waals surface area contributed by atoms with E-state index in [0.717, 1.165) is 25.6 Å². The second-order valence-corrected chi connectivity index (χ2v) is 5.45. The number of nitrogens with one attached hydrogen (secondary N) is 1. The summed E-state index contributed by atoms with van der Waals surface area (Å²) in [6.45, 7) is 10.2. The summed E-state index contributed by atoms with van der Waals surface area (Å²) in [5, 5.41) is 3.74. The highest BCUT2D eigenvalue weighted by atomic mass is 15.2. The van der Waals surface area contributed by atoms with Crippen molar-refractivity contribution in [3.8, 4) is 0 Å². The van der Waals surface area contributed by atoms with Crippen molar-refractivity contribution in [2.75, 3.05) is 18.0 Å². The Morgan fingerprint density at radius 2 is 2.11 bits per heavy atom. The van der Waals surface area contributed by atoms with E-state index < -0.39 is 0 Å². The third-order valence-corrected chi connectivity index (χ3v) is 4.13. The molecule has 2 nitrogen and oxygen atoms in total. The molecule has 0 radical (unpaired) electrons. The van der Waals surface area contributed by atoms with Crippen molar-refractivity contribution in [2.24, 2.45) is 5.92 Å². The summed E-state index contributed by atoms with van der Waals surface area (Å²) in [4.78, 5) is 2.56. The molecule has 0 amide bonds. The van der Waals surface area contributed by atoms with Crippen LogP contribution in [0.4, 0.5) is 5.69 Å².